The number of hydrogen-bond acceptors (Lipinski definition) is 3. The quantitative estimate of drug-likeness (QED) is 0.707. The molecule has 0 saturated carbocycles. The van der Waals surface area contributed by atoms with Gasteiger partial charge < -0.3 is 10.6 Å². The number of hydrogen-bond donors (Lipinski definition) is 2. The van der Waals surface area contributed by atoms with Crippen LogP contribution < -0.4 is 10.6 Å². The summed E-state index contributed by atoms with van der Waals surface area (Å²) in [6.45, 7) is 3.88. The molecule has 1 aliphatic rings. The minimum Gasteiger partial charge on any atom is -0.347 e. The van der Waals surface area contributed by atoms with Gasteiger partial charge in [-0.05, 0) is 52.0 Å². The van der Waals surface area contributed by atoms with Crippen molar-refractivity contribution in [2.24, 2.45) is 5.92 Å². The van der Waals surface area contributed by atoms with E-state index in [0.717, 1.165) is 17.7 Å². The van der Waals surface area contributed by atoms with E-state index in [4.69, 9.17) is 0 Å². The summed E-state index contributed by atoms with van der Waals surface area (Å²) >= 11 is 5.21. The lowest BCUT2D eigenvalue weighted by Gasteiger charge is -2.29. The SMILES string of the molecule is CC(C)[C@H](NC(=O)c1ccccc1Br)C(=O)NC1CCSc2ccccc21. The van der Waals surface area contributed by atoms with Gasteiger partial charge in [0.15, 0.2) is 0 Å². The fourth-order valence-electron chi connectivity index (χ4n) is 3.15. The van der Waals surface area contributed by atoms with E-state index in [1.807, 2.05) is 49.9 Å². The Morgan fingerprint density at radius 2 is 1.81 bits per heavy atom. The number of nitrogens with one attached hydrogen (secondary N) is 2. The Morgan fingerprint density at radius 3 is 2.56 bits per heavy atom. The number of thioether (sulfide) groups is 1. The zero-order valence-electron chi connectivity index (χ0n) is 15.4. The fourth-order valence-corrected chi connectivity index (χ4v) is 4.74. The molecule has 0 bridgehead atoms. The zero-order valence-corrected chi connectivity index (χ0v) is 17.8. The van der Waals surface area contributed by atoms with Crippen LogP contribution in [0.2, 0.25) is 0 Å². The topological polar surface area (TPSA) is 58.2 Å². The van der Waals surface area contributed by atoms with E-state index < -0.39 is 6.04 Å². The third kappa shape index (κ3) is 4.74. The highest BCUT2D eigenvalue weighted by atomic mass is 79.9. The van der Waals surface area contributed by atoms with Gasteiger partial charge in [0, 0.05) is 15.1 Å². The summed E-state index contributed by atoms with van der Waals surface area (Å²) in [4.78, 5) is 26.8. The Kier molecular flexibility index (Phi) is 6.60. The maximum absolute atomic E-state index is 13.0. The van der Waals surface area contributed by atoms with Crippen LogP contribution in [0.5, 0.6) is 0 Å². The number of benzene rings is 2. The van der Waals surface area contributed by atoms with Gasteiger partial charge >= 0.3 is 0 Å². The second kappa shape index (κ2) is 8.93. The molecule has 0 radical (unpaired) electrons. The summed E-state index contributed by atoms with van der Waals surface area (Å²) in [6, 6.07) is 14.8. The molecule has 1 heterocycles. The predicted molar refractivity (Wildman–Crippen MR) is 113 cm³/mol. The van der Waals surface area contributed by atoms with Crippen molar-refractivity contribution >= 4 is 39.5 Å². The molecule has 3 rings (SSSR count). The van der Waals surface area contributed by atoms with E-state index in [0.29, 0.717) is 10.0 Å². The Balaban J connectivity index is 1.73. The van der Waals surface area contributed by atoms with E-state index in [-0.39, 0.29) is 23.8 Å². The third-order valence-electron chi connectivity index (χ3n) is 4.63. The van der Waals surface area contributed by atoms with Gasteiger partial charge in [-0.15, -0.1) is 11.8 Å². The highest BCUT2D eigenvalue weighted by Crippen LogP contribution is 2.35. The largest absolute Gasteiger partial charge is 0.347 e. The van der Waals surface area contributed by atoms with Gasteiger partial charge in [0.1, 0.15) is 6.04 Å². The lowest BCUT2D eigenvalue weighted by molar-refractivity contribution is -0.124. The van der Waals surface area contributed by atoms with Crippen molar-refractivity contribution in [3.05, 3.63) is 64.1 Å². The molecule has 4 nitrogen and oxygen atoms in total. The maximum Gasteiger partial charge on any atom is 0.253 e. The van der Waals surface area contributed by atoms with Crippen molar-refractivity contribution in [3.8, 4) is 0 Å². The molecule has 2 aromatic carbocycles. The van der Waals surface area contributed by atoms with Crippen LogP contribution in [0, 0.1) is 5.92 Å². The zero-order chi connectivity index (χ0) is 19.4. The Hall–Kier alpha value is -1.79. The second-order valence-corrected chi connectivity index (χ2v) is 8.90. The minimum absolute atomic E-state index is 0.0171. The first-order chi connectivity index (χ1) is 13.0. The first-order valence-corrected chi connectivity index (χ1v) is 10.8. The molecule has 6 heteroatoms. The lowest BCUT2D eigenvalue weighted by Crippen LogP contribution is -2.50. The third-order valence-corrected chi connectivity index (χ3v) is 6.44. The first kappa shape index (κ1) is 20.0. The van der Waals surface area contributed by atoms with Crippen molar-refractivity contribution in [2.75, 3.05) is 5.75 Å². The van der Waals surface area contributed by atoms with Gasteiger partial charge in [-0.25, -0.2) is 0 Å². The van der Waals surface area contributed by atoms with Gasteiger partial charge in [0.05, 0.1) is 11.6 Å². The van der Waals surface area contributed by atoms with Crippen LogP contribution in [-0.4, -0.2) is 23.6 Å². The predicted octanol–water partition coefficient (Wildman–Crippen LogP) is 4.56. The molecule has 1 aliphatic heterocycles. The molecule has 2 amide bonds. The van der Waals surface area contributed by atoms with E-state index in [1.54, 1.807) is 12.1 Å². The van der Waals surface area contributed by atoms with Crippen LogP contribution in [0.25, 0.3) is 0 Å². The van der Waals surface area contributed by atoms with Crippen molar-refractivity contribution in [3.63, 3.8) is 0 Å². The van der Waals surface area contributed by atoms with Gasteiger partial charge in [0.2, 0.25) is 5.91 Å². The molecule has 27 heavy (non-hydrogen) atoms. The summed E-state index contributed by atoms with van der Waals surface area (Å²) < 4.78 is 0.712. The van der Waals surface area contributed by atoms with E-state index in [9.17, 15) is 9.59 Å². The molecular weight excluding hydrogens is 424 g/mol. The summed E-state index contributed by atoms with van der Waals surface area (Å²) in [5.74, 6) is 0.551. The second-order valence-electron chi connectivity index (χ2n) is 6.91. The van der Waals surface area contributed by atoms with Crippen molar-refractivity contribution < 1.29 is 9.59 Å². The number of amides is 2. The van der Waals surface area contributed by atoms with Crippen molar-refractivity contribution in [1.82, 2.24) is 10.6 Å². The highest BCUT2D eigenvalue weighted by molar-refractivity contribution is 9.10. The van der Waals surface area contributed by atoms with E-state index >= 15 is 0 Å². The van der Waals surface area contributed by atoms with Crippen LogP contribution >= 0.6 is 27.7 Å². The van der Waals surface area contributed by atoms with Gasteiger partial charge in [0.25, 0.3) is 5.91 Å². The summed E-state index contributed by atoms with van der Waals surface area (Å²) in [6.07, 6.45) is 0.885. The standard InChI is InChI=1S/C21H23BrN2O2S/c1-13(2)19(24-20(25)14-7-3-5-9-16(14)22)21(26)23-17-11-12-27-18-10-6-4-8-15(17)18/h3-10,13,17,19H,11-12H2,1-2H3,(H,23,26)(H,24,25)/t17?,19-/m0/s1. The van der Waals surface area contributed by atoms with Gasteiger partial charge in [-0.2, -0.15) is 0 Å². The molecule has 2 N–H and O–H groups in total. The fraction of sp³-hybridized carbons (Fsp3) is 0.333. The number of rotatable bonds is 5. The number of carbonyl (C=O) groups excluding carboxylic acids is 2. The lowest BCUT2D eigenvalue weighted by atomic mass is 9.99. The molecule has 0 aromatic heterocycles. The van der Waals surface area contributed by atoms with Crippen molar-refractivity contribution in [1.29, 1.82) is 0 Å². The molecule has 2 atom stereocenters. The van der Waals surface area contributed by atoms with Gasteiger partial charge in [-0.3, -0.25) is 9.59 Å². The average Bonchev–Trinajstić information content (AvgIpc) is 2.66. The van der Waals surface area contributed by atoms with Crippen LogP contribution in [0.3, 0.4) is 0 Å². The van der Waals surface area contributed by atoms with Crippen LogP contribution in [-0.2, 0) is 4.79 Å². The normalized spacial score (nSPS) is 17.1. The summed E-state index contributed by atoms with van der Waals surface area (Å²) in [7, 11) is 0. The number of halogens is 1. The number of carbonyl (C=O) groups is 2. The monoisotopic (exact) mass is 446 g/mol. The smallest absolute Gasteiger partial charge is 0.253 e. The molecule has 0 saturated heterocycles. The molecule has 0 spiro atoms. The van der Waals surface area contributed by atoms with Crippen LogP contribution in [0.15, 0.2) is 57.9 Å². The van der Waals surface area contributed by atoms with E-state index in [2.05, 4.69) is 38.7 Å². The summed E-state index contributed by atoms with van der Waals surface area (Å²) in [5.41, 5.74) is 1.68. The first-order valence-electron chi connectivity index (χ1n) is 9.05. The van der Waals surface area contributed by atoms with Crippen LogP contribution in [0.1, 0.15) is 42.2 Å². The Bertz CT molecular complexity index is 840. The molecule has 0 fully saturated rings. The maximum atomic E-state index is 13.0. The van der Waals surface area contributed by atoms with E-state index in [1.165, 1.54) is 4.90 Å². The molecular formula is C21H23BrN2O2S. The van der Waals surface area contributed by atoms with Crippen molar-refractivity contribution in [2.45, 2.75) is 37.2 Å². The minimum atomic E-state index is -0.591. The molecule has 2 aromatic rings. The molecule has 1 unspecified atom stereocenters. The molecule has 0 aliphatic carbocycles. The summed E-state index contributed by atoms with van der Waals surface area (Å²) in [5, 5.41) is 6.05. The average molecular weight is 447 g/mol. The Labute approximate surface area is 172 Å². The highest BCUT2D eigenvalue weighted by Gasteiger charge is 2.29. The van der Waals surface area contributed by atoms with Crippen LogP contribution in [0.4, 0.5) is 0 Å². The number of fused-ring (bicyclic) bond motifs is 1. The Morgan fingerprint density at radius 1 is 1.11 bits per heavy atom. The molecule has 142 valence electrons. The van der Waals surface area contributed by atoms with Gasteiger partial charge in [-0.1, -0.05) is 44.2 Å².